The molecule has 3 heterocycles. The second-order valence-corrected chi connectivity index (χ2v) is 8.65. The predicted molar refractivity (Wildman–Crippen MR) is 121 cm³/mol. The van der Waals surface area contributed by atoms with E-state index in [1.54, 1.807) is 18.4 Å². The topological polar surface area (TPSA) is 46.5 Å². The maximum Gasteiger partial charge on any atom is 0.222 e. The molecule has 2 aromatic heterocycles. The van der Waals surface area contributed by atoms with Gasteiger partial charge in [0.25, 0.3) is 0 Å². The van der Waals surface area contributed by atoms with Crippen molar-refractivity contribution >= 4 is 17.2 Å². The number of likely N-dealkylation sites (tertiary alicyclic amines) is 1. The number of thiophene rings is 1. The Kier molecular flexibility index (Phi) is 6.87. The molecule has 6 heteroatoms. The fraction of sp³-hybridized carbons (Fsp3) is 0.375. The van der Waals surface area contributed by atoms with Gasteiger partial charge in [-0.05, 0) is 65.1 Å². The standard InChI is InChI=1S/C24H29N3O2S/c1-29-22-6-4-19(5-7-22)17-26-13-8-21(9-14-26)25-24(28)16-23(20-10-15-30-18-20)27-11-2-3-12-27/h2-7,10-12,15,18,21,23H,8-9,13-14,16-17H2,1H3,(H,25,28). The first-order valence-electron chi connectivity index (χ1n) is 10.5. The highest BCUT2D eigenvalue weighted by Gasteiger charge is 2.23. The van der Waals surface area contributed by atoms with Crippen molar-refractivity contribution in [2.75, 3.05) is 20.2 Å². The second kappa shape index (κ2) is 9.96. The van der Waals surface area contributed by atoms with Crippen LogP contribution in [0.5, 0.6) is 5.75 Å². The lowest BCUT2D eigenvalue weighted by Crippen LogP contribution is -2.44. The van der Waals surface area contributed by atoms with Crippen LogP contribution in [0.2, 0.25) is 0 Å². The summed E-state index contributed by atoms with van der Waals surface area (Å²) in [6.45, 7) is 2.95. The maximum absolute atomic E-state index is 12.8. The summed E-state index contributed by atoms with van der Waals surface area (Å²) in [6.07, 6.45) is 6.53. The fourth-order valence-corrected chi connectivity index (χ4v) is 4.81. The Morgan fingerprint density at radius 3 is 2.53 bits per heavy atom. The first kappa shape index (κ1) is 20.7. The third kappa shape index (κ3) is 5.32. The molecular formula is C24H29N3O2S. The molecule has 0 aliphatic carbocycles. The van der Waals surface area contributed by atoms with Gasteiger partial charge in [-0.25, -0.2) is 0 Å². The number of aromatic nitrogens is 1. The van der Waals surface area contributed by atoms with Crippen LogP contribution in [0.4, 0.5) is 0 Å². The van der Waals surface area contributed by atoms with Gasteiger partial charge >= 0.3 is 0 Å². The number of methoxy groups -OCH3 is 1. The van der Waals surface area contributed by atoms with Gasteiger partial charge in [-0.1, -0.05) is 12.1 Å². The lowest BCUT2D eigenvalue weighted by atomic mass is 10.0. The first-order chi connectivity index (χ1) is 14.7. The van der Waals surface area contributed by atoms with Crippen molar-refractivity contribution in [3.05, 3.63) is 76.7 Å². The van der Waals surface area contributed by atoms with E-state index in [2.05, 4.69) is 43.7 Å². The lowest BCUT2D eigenvalue weighted by Gasteiger charge is -2.32. The van der Waals surface area contributed by atoms with Crippen molar-refractivity contribution in [2.24, 2.45) is 0 Å². The highest BCUT2D eigenvalue weighted by atomic mass is 32.1. The number of rotatable bonds is 8. The fourth-order valence-electron chi connectivity index (χ4n) is 4.10. The molecule has 1 aliphatic rings. The molecular weight excluding hydrogens is 394 g/mol. The van der Waals surface area contributed by atoms with Crippen LogP contribution < -0.4 is 10.1 Å². The number of amides is 1. The molecule has 1 N–H and O–H groups in total. The van der Waals surface area contributed by atoms with Crippen LogP contribution >= 0.6 is 11.3 Å². The van der Waals surface area contributed by atoms with E-state index in [0.29, 0.717) is 6.42 Å². The van der Waals surface area contributed by atoms with Crippen molar-refractivity contribution in [3.8, 4) is 5.75 Å². The summed E-state index contributed by atoms with van der Waals surface area (Å²) in [7, 11) is 1.69. The zero-order chi connectivity index (χ0) is 20.8. The molecule has 1 aromatic carbocycles. The number of nitrogens with one attached hydrogen (secondary N) is 1. The molecule has 0 radical (unpaired) electrons. The summed E-state index contributed by atoms with van der Waals surface area (Å²) < 4.78 is 7.35. The molecule has 5 nitrogen and oxygen atoms in total. The molecule has 4 rings (SSSR count). The van der Waals surface area contributed by atoms with Crippen molar-refractivity contribution in [3.63, 3.8) is 0 Å². The van der Waals surface area contributed by atoms with Crippen molar-refractivity contribution in [2.45, 2.75) is 37.9 Å². The van der Waals surface area contributed by atoms with Gasteiger partial charge in [-0.15, -0.1) is 0 Å². The van der Waals surface area contributed by atoms with E-state index in [9.17, 15) is 4.79 Å². The minimum atomic E-state index is 0.0569. The van der Waals surface area contributed by atoms with E-state index >= 15 is 0 Å². The predicted octanol–water partition coefficient (Wildman–Crippen LogP) is 4.32. The Morgan fingerprint density at radius 1 is 1.17 bits per heavy atom. The van der Waals surface area contributed by atoms with Gasteiger partial charge in [0.15, 0.2) is 0 Å². The average molecular weight is 424 g/mol. The number of piperidine rings is 1. The van der Waals surface area contributed by atoms with Crippen LogP contribution in [0.15, 0.2) is 65.6 Å². The molecule has 1 amide bonds. The normalized spacial score (nSPS) is 16.3. The largest absolute Gasteiger partial charge is 0.497 e. The number of ether oxygens (including phenoxy) is 1. The molecule has 1 fully saturated rings. The minimum Gasteiger partial charge on any atom is -0.497 e. The molecule has 0 spiro atoms. The van der Waals surface area contributed by atoms with E-state index in [0.717, 1.165) is 38.2 Å². The van der Waals surface area contributed by atoms with E-state index < -0.39 is 0 Å². The Hall–Kier alpha value is -2.57. The molecule has 1 atom stereocenters. The Bertz CT molecular complexity index is 864. The zero-order valence-electron chi connectivity index (χ0n) is 17.4. The van der Waals surface area contributed by atoms with Gasteiger partial charge in [-0.3, -0.25) is 9.69 Å². The highest BCUT2D eigenvalue weighted by molar-refractivity contribution is 7.08. The van der Waals surface area contributed by atoms with Gasteiger partial charge in [-0.2, -0.15) is 11.3 Å². The Balaban J connectivity index is 1.26. The van der Waals surface area contributed by atoms with Gasteiger partial charge in [0, 0.05) is 38.1 Å². The third-order valence-electron chi connectivity index (χ3n) is 5.81. The van der Waals surface area contributed by atoms with Crippen molar-refractivity contribution < 1.29 is 9.53 Å². The first-order valence-corrected chi connectivity index (χ1v) is 11.4. The number of hydrogen-bond donors (Lipinski definition) is 1. The monoisotopic (exact) mass is 423 g/mol. The number of carbonyl (C=O) groups is 1. The van der Waals surface area contributed by atoms with Crippen LogP contribution in [-0.2, 0) is 11.3 Å². The molecule has 1 unspecified atom stereocenters. The van der Waals surface area contributed by atoms with Gasteiger partial charge in [0.2, 0.25) is 5.91 Å². The summed E-state index contributed by atoms with van der Waals surface area (Å²) in [6, 6.07) is 14.7. The highest BCUT2D eigenvalue weighted by Crippen LogP contribution is 2.25. The molecule has 3 aromatic rings. The molecule has 1 saturated heterocycles. The average Bonchev–Trinajstić information content (AvgIpc) is 3.49. The summed E-state index contributed by atoms with van der Waals surface area (Å²) in [5, 5.41) is 7.49. The molecule has 0 saturated carbocycles. The lowest BCUT2D eigenvalue weighted by molar-refractivity contribution is -0.122. The molecule has 0 bridgehead atoms. The molecule has 158 valence electrons. The number of carbonyl (C=O) groups excluding carboxylic acids is 1. The number of nitrogens with zero attached hydrogens (tertiary/aromatic N) is 2. The number of benzene rings is 1. The van der Waals surface area contributed by atoms with E-state index in [1.807, 2.05) is 36.7 Å². The Labute approximate surface area is 182 Å². The second-order valence-electron chi connectivity index (χ2n) is 7.87. The molecule has 30 heavy (non-hydrogen) atoms. The van der Waals surface area contributed by atoms with Crippen molar-refractivity contribution in [1.29, 1.82) is 0 Å². The van der Waals surface area contributed by atoms with E-state index in [4.69, 9.17) is 4.74 Å². The zero-order valence-corrected chi connectivity index (χ0v) is 18.2. The smallest absolute Gasteiger partial charge is 0.222 e. The summed E-state index contributed by atoms with van der Waals surface area (Å²) >= 11 is 1.67. The van der Waals surface area contributed by atoms with Crippen molar-refractivity contribution in [1.82, 2.24) is 14.8 Å². The minimum absolute atomic E-state index is 0.0569. The van der Waals surface area contributed by atoms with E-state index in [1.165, 1.54) is 11.1 Å². The van der Waals surface area contributed by atoms with Gasteiger partial charge in [0.1, 0.15) is 5.75 Å². The quantitative estimate of drug-likeness (QED) is 0.587. The van der Waals surface area contributed by atoms with E-state index in [-0.39, 0.29) is 18.0 Å². The number of hydrogen-bond acceptors (Lipinski definition) is 4. The van der Waals surface area contributed by atoms with Crippen LogP contribution in [0.3, 0.4) is 0 Å². The summed E-state index contributed by atoms with van der Waals surface area (Å²) in [5.41, 5.74) is 2.49. The van der Waals surface area contributed by atoms with Crippen LogP contribution in [0.1, 0.15) is 36.4 Å². The summed E-state index contributed by atoms with van der Waals surface area (Å²) in [4.78, 5) is 15.3. The third-order valence-corrected chi connectivity index (χ3v) is 6.51. The summed E-state index contributed by atoms with van der Waals surface area (Å²) in [5.74, 6) is 1.02. The van der Waals surface area contributed by atoms with Crippen LogP contribution in [-0.4, -0.2) is 41.6 Å². The van der Waals surface area contributed by atoms with Crippen LogP contribution in [0, 0.1) is 0 Å². The Morgan fingerprint density at radius 2 is 1.90 bits per heavy atom. The van der Waals surface area contributed by atoms with Gasteiger partial charge < -0.3 is 14.6 Å². The van der Waals surface area contributed by atoms with Crippen LogP contribution in [0.25, 0.3) is 0 Å². The maximum atomic E-state index is 12.8. The van der Waals surface area contributed by atoms with Gasteiger partial charge in [0.05, 0.1) is 19.6 Å². The molecule has 1 aliphatic heterocycles. The SMILES string of the molecule is COc1ccc(CN2CCC(NC(=O)CC(c3ccsc3)n3cccc3)CC2)cc1.